The van der Waals surface area contributed by atoms with Gasteiger partial charge in [-0.15, -0.1) is 0 Å². The van der Waals surface area contributed by atoms with Crippen molar-refractivity contribution in [1.82, 2.24) is 5.32 Å². The van der Waals surface area contributed by atoms with Crippen LogP contribution in [0.15, 0.2) is 30.3 Å². The lowest BCUT2D eigenvalue weighted by Gasteiger charge is -2.23. The van der Waals surface area contributed by atoms with Gasteiger partial charge in [0.2, 0.25) is 5.75 Å². The molecule has 8 heteroatoms. The number of carbonyl (C=O) groups is 2. The first-order chi connectivity index (χ1) is 15.0. The second kappa shape index (κ2) is 10.4. The number of methoxy groups -OCH3 is 3. The first-order valence-electron chi connectivity index (χ1n) is 10.2. The summed E-state index contributed by atoms with van der Waals surface area (Å²) in [6, 6.07) is 8.11. The van der Waals surface area contributed by atoms with E-state index in [0.29, 0.717) is 39.1 Å². The summed E-state index contributed by atoms with van der Waals surface area (Å²) in [5.41, 5.74) is 1.10. The molecular formula is C23H27ClN2O5. The molecule has 31 heavy (non-hydrogen) atoms. The van der Waals surface area contributed by atoms with Crippen LogP contribution in [0.1, 0.15) is 52.8 Å². The van der Waals surface area contributed by atoms with Gasteiger partial charge in [-0.3, -0.25) is 9.59 Å². The zero-order valence-corrected chi connectivity index (χ0v) is 18.7. The van der Waals surface area contributed by atoms with Crippen molar-refractivity contribution < 1.29 is 23.8 Å². The maximum atomic E-state index is 12.8. The van der Waals surface area contributed by atoms with E-state index in [2.05, 4.69) is 10.6 Å². The fraction of sp³-hybridized carbons (Fsp3) is 0.391. The van der Waals surface area contributed by atoms with Crippen LogP contribution in [-0.4, -0.2) is 39.2 Å². The molecule has 0 unspecified atom stereocenters. The van der Waals surface area contributed by atoms with Gasteiger partial charge in [0.05, 0.1) is 31.9 Å². The second-order valence-electron chi connectivity index (χ2n) is 7.37. The third-order valence-electron chi connectivity index (χ3n) is 5.34. The quantitative estimate of drug-likeness (QED) is 0.644. The Hall–Kier alpha value is -2.93. The molecule has 0 radical (unpaired) electrons. The van der Waals surface area contributed by atoms with Gasteiger partial charge >= 0.3 is 0 Å². The zero-order valence-electron chi connectivity index (χ0n) is 17.9. The zero-order chi connectivity index (χ0) is 22.4. The first-order valence-corrected chi connectivity index (χ1v) is 10.6. The van der Waals surface area contributed by atoms with Crippen LogP contribution in [0.3, 0.4) is 0 Å². The van der Waals surface area contributed by atoms with Crippen molar-refractivity contribution >= 4 is 29.1 Å². The number of ether oxygens (including phenoxy) is 3. The Balaban J connectivity index is 1.79. The van der Waals surface area contributed by atoms with Gasteiger partial charge < -0.3 is 24.8 Å². The number of halogens is 1. The highest BCUT2D eigenvalue weighted by Gasteiger charge is 2.20. The molecule has 2 N–H and O–H groups in total. The van der Waals surface area contributed by atoms with E-state index in [1.54, 1.807) is 30.3 Å². The summed E-state index contributed by atoms with van der Waals surface area (Å²) in [5, 5.41) is 6.18. The molecule has 2 aromatic carbocycles. The maximum Gasteiger partial charge on any atom is 0.255 e. The summed E-state index contributed by atoms with van der Waals surface area (Å²) in [6.07, 6.45) is 5.38. The molecule has 0 atom stereocenters. The number of carbonyl (C=O) groups excluding carboxylic acids is 2. The monoisotopic (exact) mass is 446 g/mol. The second-order valence-corrected chi connectivity index (χ2v) is 7.78. The van der Waals surface area contributed by atoms with Gasteiger partial charge in [0.25, 0.3) is 11.8 Å². The van der Waals surface area contributed by atoms with Crippen molar-refractivity contribution in [3.05, 3.63) is 46.5 Å². The molecule has 0 bridgehead atoms. The van der Waals surface area contributed by atoms with Crippen LogP contribution in [0.2, 0.25) is 5.02 Å². The van der Waals surface area contributed by atoms with E-state index < -0.39 is 0 Å². The van der Waals surface area contributed by atoms with Crippen molar-refractivity contribution in [2.24, 2.45) is 0 Å². The predicted octanol–water partition coefficient (Wildman–Crippen LogP) is 4.68. The number of amides is 2. The minimum Gasteiger partial charge on any atom is -0.493 e. The third-order valence-corrected chi connectivity index (χ3v) is 5.67. The molecule has 0 heterocycles. The molecular weight excluding hydrogens is 420 g/mol. The van der Waals surface area contributed by atoms with E-state index in [0.717, 1.165) is 25.7 Å². The molecule has 0 spiro atoms. The maximum absolute atomic E-state index is 12.8. The van der Waals surface area contributed by atoms with Gasteiger partial charge in [-0.1, -0.05) is 30.9 Å². The average molecular weight is 447 g/mol. The molecule has 2 amide bonds. The van der Waals surface area contributed by atoms with Crippen LogP contribution in [0.5, 0.6) is 17.2 Å². The van der Waals surface area contributed by atoms with Crippen molar-refractivity contribution in [3.63, 3.8) is 0 Å². The van der Waals surface area contributed by atoms with Crippen molar-refractivity contribution in [2.45, 2.75) is 38.1 Å². The van der Waals surface area contributed by atoms with Crippen molar-refractivity contribution in [3.8, 4) is 17.2 Å². The molecule has 166 valence electrons. The summed E-state index contributed by atoms with van der Waals surface area (Å²) in [4.78, 5) is 25.6. The van der Waals surface area contributed by atoms with Crippen LogP contribution >= 0.6 is 11.6 Å². The molecule has 0 saturated heterocycles. The molecule has 7 nitrogen and oxygen atoms in total. The standard InChI is InChI=1S/C23H27ClN2O5/c1-29-19-11-14(12-20(30-2)21(19)31-3)22(27)26-16-9-10-18(24)17(13-16)23(28)25-15-7-5-4-6-8-15/h9-13,15H,4-8H2,1-3H3,(H,25,28)(H,26,27). The van der Waals surface area contributed by atoms with Crippen molar-refractivity contribution in [1.29, 1.82) is 0 Å². The fourth-order valence-electron chi connectivity index (χ4n) is 3.70. The lowest BCUT2D eigenvalue weighted by Crippen LogP contribution is -2.36. The largest absolute Gasteiger partial charge is 0.493 e. The van der Waals surface area contributed by atoms with Crippen LogP contribution in [-0.2, 0) is 0 Å². The highest BCUT2D eigenvalue weighted by Crippen LogP contribution is 2.38. The smallest absolute Gasteiger partial charge is 0.255 e. The topological polar surface area (TPSA) is 85.9 Å². The van der Waals surface area contributed by atoms with Gasteiger partial charge in [-0.25, -0.2) is 0 Å². The lowest BCUT2D eigenvalue weighted by atomic mass is 9.95. The Kier molecular flexibility index (Phi) is 7.63. The molecule has 0 aromatic heterocycles. The van der Waals surface area contributed by atoms with E-state index in [9.17, 15) is 9.59 Å². The Labute approximate surface area is 187 Å². The first kappa shape index (κ1) is 22.7. The van der Waals surface area contributed by atoms with Crippen molar-refractivity contribution in [2.75, 3.05) is 26.6 Å². The summed E-state index contributed by atoms with van der Waals surface area (Å²) in [5.74, 6) is 0.516. The number of hydrogen-bond donors (Lipinski definition) is 2. The third kappa shape index (κ3) is 5.41. The molecule has 0 aliphatic heterocycles. The Morgan fingerprint density at radius 3 is 2.13 bits per heavy atom. The molecule has 2 aromatic rings. The molecule has 3 rings (SSSR count). The highest BCUT2D eigenvalue weighted by molar-refractivity contribution is 6.34. The lowest BCUT2D eigenvalue weighted by molar-refractivity contribution is 0.0926. The molecule has 1 saturated carbocycles. The predicted molar refractivity (Wildman–Crippen MR) is 120 cm³/mol. The molecule has 1 aliphatic carbocycles. The number of benzene rings is 2. The Morgan fingerprint density at radius 2 is 1.55 bits per heavy atom. The Bertz CT molecular complexity index is 932. The summed E-state index contributed by atoms with van der Waals surface area (Å²) < 4.78 is 15.9. The number of hydrogen-bond acceptors (Lipinski definition) is 5. The van der Waals surface area contributed by atoms with Crippen LogP contribution in [0.25, 0.3) is 0 Å². The van der Waals surface area contributed by atoms with E-state index in [1.165, 1.54) is 27.8 Å². The normalized spacial score (nSPS) is 13.9. The van der Waals surface area contributed by atoms with Gasteiger partial charge in [0.15, 0.2) is 11.5 Å². The van der Waals surface area contributed by atoms with E-state index in [4.69, 9.17) is 25.8 Å². The molecule has 1 fully saturated rings. The highest BCUT2D eigenvalue weighted by atomic mass is 35.5. The molecule has 1 aliphatic rings. The minimum atomic E-state index is -0.389. The average Bonchev–Trinajstić information content (AvgIpc) is 2.79. The van der Waals surface area contributed by atoms with Gasteiger partial charge in [-0.05, 0) is 43.2 Å². The fourth-order valence-corrected chi connectivity index (χ4v) is 3.91. The number of nitrogens with one attached hydrogen (secondary N) is 2. The van der Waals surface area contributed by atoms with Gasteiger partial charge in [0, 0.05) is 17.3 Å². The van der Waals surface area contributed by atoms with E-state index >= 15 is 0 Å². The summed E-state index contributed by atoms with van der Waals surface area (Å²) >= 11 is 6.25. The van der Waals surface area contributed by atoms with Gasteiger partial charge in [-0.2, -0.15) is 0 Å². The Morgan fingerprint density at radius 1 is 0.903 bits per heavy atom. The van der Waals surface area contributed by atoms with E-state index in [-0.39, 0.29) is 17.9 Å². The van der Waals surface area contributed by atoms with Crippen LogP contribution < -0.4 is 24.8 Å². The number of rotatable bonds is 7. The minimum absolute atomic E-state index is 0.162. The van der Waals surface area contributed by atoms with E-state index in [1.807, 2.05) is 0 Å². The number of anilines is 1. The summed E-state index contributed by atoms with van der Waals surface area (Å²) in [7, 11) is 4.46. The van der Waals surface area contributed by atoms with Crippen LogP contribution in [0, 0.1) is 0 Å². The van der Waals surface area contributed by atoms with Crippen LogP contribution in [0.4, 0.5) is 5.69 Å². The SMILES string of the molecule is COc1cc(C(=O)Nc2ccc(Cl)c(C(=O)NC3CCCCC3)c2)cc(OC)c1OC. The van der Waals surface area contributed by atoms with Gasteiger partial charge in [0.1, 0.15) is 0 Å². The summed E-state index contributed by atoms with van der Waals surface area (Å²) in [6.45, 7) is 0.